The number of carbonyl (C=O) groups is 1. The van der Waals surface area contributed by atoms with E-state index in [1.807, 2.05) is 29.2 Å². The van der Waals surface area contributed by atoms with E-state index in [9.17, 15) is 13.2 Å². The Morgan fingerprint density at radius 2 is 1.87 bits per heavy atom. The Balaban J connectivity index is 1.44. The minimum absolute atomic E-state index is 0.0431. The molecule has 2 fully saturated rings. The zero-order valence-electron chi connectivity index (χ0n) is 16.9. The van der Waals surface area contributed by atoms with E-state index in [2.05, 4.69) is 10.0 Å². The highest BCUT2D eigenvalue weighted by molar-refractivity contribution is 7.89. The number of benzene rings is 2. The van der Waals surface area contributed by atoms with Crippen LogP contribution >= 0.6 is 23.2 Å². The maximum absolute atomic E-state index is 13.4. The molecular weight excluding hydrogens is 457 g/mol. The largest absolute Gasteiger partial charge is 0.335 e. The second-order valence-corrected chi connectivity index (χ2v) is 10.7. The number of rotatable bonds is 7. The monoisotopic (exact) mass is 481 g/mol. The van der Waals surface area contributed by atoms with Crippen molar-refractivity contribution in [3.05, 3.63) is 64.1 Å². The molecule has 1 heterocycles. The lowest BCUT2D eigenvalue weighted by Gasteiger charge is -2.34. The topological polar surface area (TPSA) is 78.5 Å². The smallest absolute Gasteiger partial charge is 0.240 e. The average molecular weight is 482 g/mol. The molecule has 1 saturated heterocycles. The second-order valence-electron chi connectivity index (χ2n) is 8.16. The lowest BCUT2D eigenvalue weighted by atomic mass is 9.94. The van der Waals surface area contributed by atoms with Crippen LogP contribution in [-0.4, -0.2) is 44.4 Å². The lowest BCUT2D eigenvalue weighted by Crippen LogP contribution is -2.53. The number of hydrogen-bond acceptors (Lipinski definition) is 4. The van der Waals surface area contributed by atoms with E-state index < -0.39 is 10.0 Å². The Kier molecular flexibility index (Phi) is 6.89. The van der Waals surface area contributed by atoms with Gasteiger partial charge in [-0.15, -0.1) is 0 Å². The third kappa shape index (κ3) is 5.59. The van der Waals surface area contributed by atoms with Crippen molar-refractivity contribution < 1.29 is 13.2 Å². The van der Waals surface area contributed by atoms with Crippen LogP contribution in [0, 0.1) is 5.92 Å². The number of carbonyl (C=O) groups excluding carboxylic acids is 1. The molecule has 1 aliphatic carbocycles. The van der Waals surface area contributed by atoms with Gasteiger partial charge in [0.1, 0.15) is 0 Å². The van der Waals surface area contributed by atoms with Gasteiger partial charge in [-0.1, -0.05) is 47.5 Å². The van der Waals surface area contributed by atoms with Crippen molar-refractivity contribution in [2.24, 2.45) is 5.92 Å². The van der Waals surface area contributed by atoms with Crippen molar-refractivity contribution in [2.45, 2.75) is 42.8 Å². The SMILES string of the molecule is O=C([C@@H]1CNC[C@@H](NS(=O)(=O)c2cccc(Cl)c2)C1)N(Cc1ccccc1Cl)C1CC1. The highest BCUT2D eigenvalue weighted by Crippen LogP contribution is 2.32. The van der Waals surface area contributed by atoms with Crippen molar-refractivity contribution in [1.29, 1.82) is 0 Å². The minimum atomic E-state index is -3.73. The van der Waals surface area contributed by atoms with Crippen LogP contribution in [0.1, 0.15) is 24.8 Å². The fourth-order valence-electron chi connectivity index (χ4n) is 3.96. The van der Waals surface area contributed by atoms with Crippen molar-refractivity contribution in [3.63, 3.8) is 0 Å². The summed E-state index contributed by atoms with van der Waals surface area (Å²) >= 11 is 12.3. The van der Waals surface area contributed by atoms with E-state index in [4.69, 9.17) is 23.2 Å². The van der Waals surface area contributed by atoms with E-state index >= 15 is 0 Å². The summed E-state index contributed by atoms with van der Waals surface area (Å²) in [6.45, 7) is 1.47. The number of nitrogens with zero attached hydrogens (tertiary/aromatic N) is 1. The van der Waals surface area contributed by atoms with Gasteiger partial charge in [0.05, 0.1) is 10.8 Å². The van der Waals surface area contributed by atoms with Gasteiger partial charge in [-0.2, -0.15) is 0 Å². The Hall–Kier alpha value is -1.64. The molecule has 31 heavy (non-hydrogen) atoms. The van der Waals surface area contributed by atoms with Crippen LogP contribution in [0.15, 0.2) is 53.4 Å². The standard InChI is InChI=1S/C22H25Cl2N3O3S/c23-17-5-3-6-20(11-17)31(29,30)26-18-10-16(12-25-13-18)22(28)27(19-8-9-19)14-15-4-1-2-7-21(15)24/h1-7,11,16,18-19,25-26H,8-10,12-14H2/t16-,18-/m0/s1. The summed E-state index contributed by atoms with van der Waals surface area (Å²) in [4.78, 5) is 15.4. The molecule has 2 N–H and O–H groups in total. The first-order chi connectivity index (χ1) is 14.8. The van der Waals surface area contributed by atoms with Gasteiger partial charge in [0, 0.05) is 41.8 Å². The second kappa shape index (κ2) is 9.46. The molecular formula is C22H25Cl2N3O3S. The van der Waals surface area contributed by atoms with Gasteiger partial charge < -0.3 is 10.2 Å². The van der Waals surface area contributed by atoms with E-state index in [0.29, 0.717) is 36.1 Å². The molecule has 0 radical (unpaired) electrons. The molecule has 1 aliphatic heterocycles. The Morgan fingerprint density at radius 3 is 2.58 bits per heavy atom. The molecule has 0 bridgehead atoms. The zero-order valence-corrected chi connectivity index (χ0v) is 19.3. The third-order valence-electron chi connectivity index (χ3n) is 5.70. The van der Waals surface area contributed by atoms with Crippen LogP contribution in [0.25, 0.3) is 0 Å². The van der Waals surface area contributed by atoms with Gasteiger partial charge in [0.25, 0.3) is 0 Å². The maximum Gasteiger partial charge on any atom is 0.240 e. The molecule has 2 aromatic carbocycles. The van der Waals surface area contributed by atoms with Crippen molar-refractivity contribution >= 4 is 39.1 Å². The first-order valence-electron chi connectivity index (χ1n) is 10.4. The van der Waals surface area contributed by atoms with Gasteiger partial charge in [0.15, 0.2) is 0 Å². The van der Waals surface area contributed by atoms with E-state index in [-0.39, 0.29) is 28.8 Å². The molecule has 4 rings (SSSR count). The number of nitrogens with one attached hydrogen (secondary N) is 2. The lowest BCUT2D eigenvalue weighted by molar-refractivity contribution is -0.137. The molecule has 1 amide bonds. The molecule has 2 atom stereocenters. The quantitative estimate of drug-likeness (QED) is 0.634. The van der Waals surface area contributed by atoms with Crippen LogP contribution in [-0.2, 0) is 21.4 Å². The van der Waals surface area contributed by atoms with Crippen LogP contribution in [0.2, 0.25) is 10.0 Å². The van der Waals surface area contributed by atoms with Crippen LogP contribution < -0.4 is 10.0 Å². The Morgan fingerprint density at radius 1 is 1.10 bits per heavy atom. The van der Waals surface area contributed by atoms with Gasteiger partial charge in [-0.05, 0) is 49.1 Å². The number of halogens is 2. The van der Waals surface area contributed by atoms with E-state index in [1.54, 1.807) is 12.1 Å². The number of hydrogen-bond donors (Lipinski definition) is 2. The highest BCUT2D eigenvalue weighted by Gasteiger charge is 2.38. The Labute approximate surface area is 193 Å². The normalized spacial score (nSPS) is 21.6. The first kappa shape index (κ1) is 22.6. The molecule has 2 aromatic rings. The molecule has 9 heteroatoms. The van der Waals surface area contributed by atoms with Gasteiger partial charge in [-0.25, -0.2) is 13.1 Å². The molecule has 166 valence electrons. The van der Waals surface area contributed by atoms with Crippen LogP contribution in [0.4, 0.5) is 0 Å². The minimum Gasteiger partial charge on any atom is -0.335 e. The van der Waals surface area contributed by atoms with Gasteiger partial charge in [0.2, 0.25) is 15.9 Å². The number of amides is 1. The predicted molar refractivity (Wildman–Crippen MR) is 122 cm³/mol. The van der Waals surface area contributed by atoms with E-state index in [1.165, 1.54) is 12.1 Å². The fourth-order valence-corrected chi connectivity index (χ4v) is 5.70. The molecule has 1 saturated carbocycles. The molecule has 0 spiro atoms. The van der Waals surface area contributed by atoms with Crippen molar-refractivity contribution in [2.75, 3.05) is 13.1 Å². The summed E-state index contributed by atoms with van der Waals surface area (Å²) in [7, 11) is -3.73. The van der Waals surface area contributed by atoms with Gasteiger partial charge in [-0.3, -0.25) is 4.79 Å². The summed E-state index contributed by atoms with van der Waals surface area (Å²) in [5.74, 6) is -0.259. The molecule has 0 unspecified atom stereocenters. The summed E-state index contributed by atoms with van der Waals surface area (Å²) in [6, 6.07) is 13.6. The number of piperidine rings is 1. The van der Waals surface area contributed by atoms with Crippen LogP contribution in [0.5, 0.6) is 0 Å². The van der Waals surface area contributed by atoms with Crippen molar-refractivity contribution in [1.82, 2.24) is 14.9 Å². The molecule has 0 aromatic heterocycles. The average Bonchev–Trinajstić information content (AvgIpc) is 3.58. The third-order valence-corrected chi connectivity index (χ3v) is 7.82. The number of sulfonamides is 1. The zero-order chi connectivity index (χ0) is 22.0. The summed E-state index contributed by atoms with van der Waals surface area (Å²) in [5.41, 5.74) is 0.923. The van der Waals surface area contributed by atoms with E-state index in [0.717, 1.165) is 18.4 Å². The Bertz CT molecular complexity index is 1060. The summed E-state index contributed by atoms with van der Waals surface area (Å²) in [6.07, 6.45) is 2.42. The first-order valence-corrected chi connectivity index (χ1v) is 12.6. The molecule has 6 nitrogen and oxygen atoms in total. The highest BCUT2D eigenvalue weighted by atomic mass is 35.5. The summed E-state index contributed by atoms with van der Waals surface area (Å²) in [5, 5.41) is 4.22. The van der Waals surface area contributed by atoms with Gasteiger partial charge >= 0.3 is 0 Å². The molecule has 2 aliphatic rings. The fraction of sp³-hybridized carbons (Fsp3) is 0.409. The maximum atomic E-state index is 13.4. The summed E-state index contributed by atoms with van der Waals surface area (Å²) < 4.78 is 28.2. The van der Waals surface area contributed by atoms with Crippen molar-refractivity contribution in [3.8, 4) is 0 Å². The van der Waals surface area contributed by atoms with Crippen LogP contribution in [0.3, 0.4) is 0 Å². The predicted octanol–water partition coefficient (Wildman–Crippen LogP) is 3.44.